The largest absolute Gasteiger partial charge is 0.464 e. The first-order valence-electron chi connectivity index (χ1n) is 14.1. The minimum atomic E-state index is -0.132. The van der Waals surface area contributed by atoms with Crippen LogP contribution in [0.2, 0.25) is 0 Å². The van der Waals surface area contributed by atoms with Crippen LogP contribution in [0, 0.1) is 23.2 Å². The Bertz CT molecular complexity index is 556. The zero-order valence-electron chi connectivity index (χ0n) is 24.2. The summed E-state index contributed by atoms with van der Waals surface area (Å²) >= 11 is 0. The molecule has 0 heterocycles. The lowest BCUT2D eigenvalue weighted by Gasteiger charge is -2.52. The molecular formula is C31H58O2. The van der Waals surface area contributed by atoms with E-state index in [1.807, 2.05) is 13.8 Å². The van der Waals surface area contributed by atoms with Crippen molar-refractivity contribution in [1.29, 1.82) is 0 Å². The van der Waals surface area contributed by atoms with Gasteiger partial charge >= 0.3 is 0 Å². The summed E-state index contributed by atoms with van der Waals surface area (Å²) in [5.41, 5.74) is 1.53. The van der Waals surface area contributed by atoms with Crippen molar-refractivity contribution in [2.75, 3.05) is 0 Å². The molecule has 2 fully saturated rings. The molecule has 2 saturated carbocycles. The van der Waals surface area contributed by atoms with Crippen LogP contribution >= 0.6 is 0 Å². The van der Waals surface area contributed by atoms with Crippen molar-refractivity contribution in [1.82, 2.24) is 0 Å². The van der Waals surface area contributed by atoms with Crippen molar-refractivity contribution < 1.29 is 9.47 Å². The van der Waals surface area contributed by atoms with Crippen LogP contribution in [-0.4, -0.2) is 12.4 Å². The number of hydrogen-bond donors (Lipinski definition) is 0. The van der Waals surface area contributed by atoms with Gasteiger partial charge in [-0.05, 0) is 87.8 Å². The first-order valence-corrected chi connectivity index (χ1v) is 14.1. The molecule has 0 aromatic heterocycles. The van der Waals surface area contributed by atoms with Gasteiger partial charge in [-0.25, -0.2) is 0 Å². The van der Waals surface area contributed by atoms with Crippen LogP contribution < -0.4 is 4.74 Å². The van der Waals surface area contributed by atoms with Crippen LogP contribution in [0.1, 0.15) is 127 Å². The number of rotatable bonds is 6. The minimum absolute atomic E-state index is 0.132. The molecule has 0 aliphatic heterocycles. The molecule has 3 atom stereocenters. The molecule has 0 spiro atoms. The molecule has 2 heteroatoms. The second-order valence-corrected chi connectivity index (χ2v) is 10.6. The monoisotopic (exact) mass is 462 g/mol. The summed E-state index contributed by atoms with van der Waals surface area (Å²) in [6.07, 6.45) is 10.1. The van der Waals surface area contributed by atoms with E-state index in [0.717, 1.165) is 29.9 Å². The molecule has 1 aromatic rings. The lowest BCUT2D eigenvalue weighted by Crippen LogP contribution is -2.50. The van der Waals surface area contributed by atoms with Gasteiger partial charge in [0.25, 0.3) is 0 Å². The second kappa shape index (κ2) is 17.4. The third kappa shape index (κ3) is 11.3. The van der Waals surface area contributed by atoms with Crippen molar-refractivity contribution in [2.24, 2.45) is 23.2 Å². The molecule has 3 rings (SSSR count). The Kier molecular flexibility index (Phi) is 16.9. The van der Waals surface area contributed by atoms with Crippen molar-refractivity contribution in [3.05, 3.63) is 29.8 Å². The summed E-state index contributed by atoms with van der Waals surface area (Å²) in [4.78, 5) is 0. The molecule has 0 amide bonds. The molecule has 194 valence electrons. The molecule has 2 aliphatic carbocycles. The van der Waals surface area contributed by atoms with Crippen LogP contribution in [0.25, 0.3) is 0 Å². The third-order valence-corrected chi connectivity index (χ3v) is 6.15. The van der Waals surface area contributed by atoms with Crippen molar-refractivity contribution in [2.45, 2.75) is 140 Å². The third-order valence-electron chi connectivity index (χ3n) is 6.15. The van der Waals surface area contributed by atoms with E-state index in [4.69, 9.17) is 9.47 Å². The van der Waals surface area contributed by atoms with E-state index in [1.54, 1.807) is 0 Å². The molecule has 0 saturated heterocycles. The predicted molar refractivity (Wildman–Crippen MR) is 147 cm³/mol. The van der Waals surface area contributed by atoms with E-state index < -0.39 is 0 Å². The first kappa shape index (κ1) is 32.0. The van der Waals surface area contributed by atoms with Gasteiger partial charge in [0.1, 0.15) is 5.75 Å². The highest BCUT2D eigenvalue weighted by Crippen LogP contribution is 2.55. The van der Waals surface area contributed by atoms with Gasteiger partial charge < -0.3 is 9.47 Å². The lowest BCUT2D eigenvalue weighted by molar-refractivity contribution is -0.212. The highest BCUT2D eigenvalue weighted by Gasteiger charge is 2.51. The van der Waals surface area contributed by atoms with Gasteiger partial charge in [-0.2, -0.15) is 0 Å². The van der Waals surface area contributed by atoms with Gasteiger partial charge in [0.2, 0.25) is 6.29 Å². The van der Waals surface area contributed by atoms with Gasteiger partial charge in [0.15, 0.2) is 0 Å². The Labute approximate surface area is 208 Å². The average Bonchev–Trinajstić information content (AvgIpc) is 2.75. The van der Waals surface area contributed by atoms with E-state index >= 15 is 0 Å². The van der Waals surface area contributed by atoms with Crippen LogP contribution in [0.5, 0.6) is 5.75 Å². The SMILES string of the molecule is CC.CCC.CCC.CCc1ccc(OC(OC(C)C)C23CC(C)CC(CC(C)C2)C3)cc1. The summed E-state index contributed by atoms with van der Waals surface area (Å²) in [7, 11) is 0. The summed E-state index contributed by atoms with van der Waals surface area (Å²) in [5.74, 6) is 3.34. The Balaban J connectivity index is 0.00000113. The summed E-state index contributed by atoms with van der Waals surface area (Å²) in [6.45, 7) is 23.8. The van der Waals surface area contributed by atoms with Crippen LogP contribution in [0.4, 0.5) is 0 Å². The zero-order chi connectivity index (χ0) is 25.4. The number of hydrogen-bond acceptors (Lipinski definition) is 2. The molecular weight excluding hydrogens is 404 g/mol. The van der Waals surface area contributed by atoms with E-state index in [-0.39, 0.29) is 17.8 Å². The average molecular weight is 463 g/mol. The minimum Gasteiger partial charge on any atom is -0.464 e. The summed E-state index contributed by atoms with van der Waals surface area (Å²) in [5, 5.41) is 0. The maximum absolute atomic E-state index is 6.52. The number of benzene rings is 1. The van der Waals surface area contributed by atoms with Gasteiger partial charge in [0, 0.05) is 5.41 Å². The molecule has 33 heavy (non-hydrogen) atoms. The summed E-state index contributed by atoms with van der Waals surface area (Å²) < 4.78 is 12.9. The molecule has 2 aliphatic rings. The molecule has 0 N–H and O–H groups in total. The van der Waals surface area contributed by atoms with E-state index in [1.165, 1.54) is 50.5 Å². The summed E-state index contributed by atoms with van der Waals surface area (Å²) in [6, 6.07) is 8.58. The molecule has 2 nitrogen and oxygen atoms in total. The lowest BCUT2D eigenvalue weighted by atomic mass is 9.56. The number of aryl methyl sites for hydroxylation is 1. The van der Waals surface area contributed by atoms with Gasteiger partial charge in [-0.1, -0.05) is 87.3 Å². The first-order chi connectivity index (χ1) is 15.7. The maximum atomic E-state index is 6.52. The molecule has 1 aromatic carbocycles. The van der Waals surface area contributed by atoms with Gasteiger partial charge in [0.05, 0.1) is 6.10 Å². The quantitative estimate of drug-likeness (QED) is 0.391. The Morgan fingerprint density at radius 3 is 1.67 bits per heavy atom. The standard InChI is InChI=1S/C23H36O2.2C3H8.C2H6/c1-6-19-7-9-21(10-8-19)25-22(24-16(2)3)23-13-17(4)11-20(15-23)12-18(5)14-23;2*1-3-2;1-2/h7-10,16-18,20,22H,6,11-15H2,1-5H3;2*3H2,1-2H3;1-2H3. The Morgan fingerprint density at radius 1 is 0.818 bits per heavy atom. The Hall–Kier alpha value is -1.02. The highest BCUT2D eigenvalue weighted by atomic mass is 16.7. The van der Waals surface area contributed by atoms with Gasteiger partial charge in [-0.3, -0.25) is 0 Å². The van der Waals surface area contributed by atoms with Crippen LogP contribution in [0.3, 0.4) is 0 Å². The zero-order valence-corrected chi connectivity index (χ0v) is 24.2. The Morgan fingerprint density at radius 2 is 1.27 bits per heavy atom. The number of ether oxygens (including phenoxy) is 2. The van der Waals surface area contributed by atoms with Crippen LogP contribution in [0.15, 0.2) is 24.3 Å². The molecule has 3 unspecified atom stereocenters. The molecule has 0 radical (unpaired) electrons. The van der Waals surface area contributed by atoms with Crippen LogP contribution in [-0.2, 0) is 11.2 Å². The predicted octanol–water partition coefficient (Wildman–Crippen LogP) is 10.1. The fourth-order valence-corrected chi connectivity index (χ4v) is 5.54. The van der Waals surface area contributed by atoms with E-state index in [2.05, 4.69) is 86.6 Å². The van der Waals surface area contributed by atoms with Crippen molar-refractivity contribution >= 4 is 0 Å². The van der Waals surface area contributed by atoms with Crippen molar-refractivity contribution in [3.63, 3.8) is 0 Å². The van der Waals surface area contributed by atoms with Crippen molar-refractivity contribution in [3.8, 4) is 5.75 Å². The highest BCUT2D eigenvalue weighted by molar-refractivity contribution is 5.27. The topological polar surface area (TPSA) is 18.5 Å². The van der Waals surface area contributed by atoms with E-state index in [0.29, 0.717) is 0 Å². The van der Waals surface area contributed by atoms with E-state index in [9.17, 15) is 0 Å². The number of fused-ring (bicyclic) bond motifs is 2. The maximum Gasteiger partial charge on any atom is 0.205 e. The second-order valence-electron chi connectivity index (χ2n) is 10.6. The molecule has 2 bridgehead atoms. The van der Waals surface area contributed by atoms with Gasteiger partial charge in [-0.15, -0.1) is 0 Å². The smallest absolute Gasteiger partial charge is 0.205 e. The fraction of sp³-hybridized carbons (Fsp3) is 0.806. The fourth-order valence-electron chi connectivity index (χ4n) is 5.54. The normalized spacial score (nSPS) is 26.5.